The predicted octanol–water partition coefficient (Wildman–Crippen LogP) is 0.297. The van der Waals surface area contributed by atoms with Gasteiger partial charge >= 0.3 is 0 Å². The first-order chi connectivity index (χ1) is 8.33. The van der Waals surface area contributed by atoms with E-state index in [1.807, 2.05) is 7.05 Å². The summed E-state index contributed by atoms with van der Waals surface area (Å²) in [7, 11) is 3.40. The van der Waals surface area contributed by atoms with Gasteiger partial charge in [0.15, 0.2) is 0 Å². The number of hydrogen-bond donors (Lipinski definition) is 1. The van der Waals surface area contributed by atoms with Crippen molar-refractivity contribution < 1.29 is 9.26 Å². The van der Waals surface area contributed by atoms with E-state index in [4.69, 9.17) is 9.26 Å². The van der Waals surface area contributed by atoms with Gasteiger partial charge in [-0.2, -0.15) is 4.98 Å². The Bertz CT molecular complexity index is 468. The third kappa shape index (κ3) is 2.76. The van der Waals surface area contributed by atoms with Crippen LogP contribution in [-0.2, 0) is 6.42 Å². The van der Waals surface area contributed by atoms with Gasteiger partial charge in [0, 0.05) is 19.0 Å². The Morgan fingerprint density at radius 2 is 2.24 bits per heavy atom. The summed E-state index contributed by atoms with van der Waals surface area (Å²) in [5, 5.41) is 14.6. The molecule has 7 nitrogen and oxygen atoms in total. The van der Waals surface area contributed by atoms with Gasteiger partial charge in [0.1, 0.15) is 5.69 Å². The lowest BCUT2D eigenvalue weighted by Crippen LogP contribution is -2.10. The summed E-state index contributed by atoms with van der Waals surface area (Å²) in [6.07, 6.45) is 0.688. The lowest BCUT2D eigenvalue weighted by Gasteiger charge is -1.96. The van der Waals surface area contributed by atoms with Gasteiger partial charge in [0.2, 0.25) is 17.6 Å². The molecule has 1 N–H and O–H groups in total. The van der Waals surface area contributed by atoms with E-state index in [1.165, 1.54) is 7.11 Å². The van der Waals surface area contributed by atoms with Gasteiger partial charge in [-0.3, -0.25) is 0 Å². The summed E-state index contributed by atoms with van der Waals surface area (Å²) in [5.41, 5.74) is 0.560. The van der Waals surface area contributed by atoms with Crippen molar-refractivity contribution in [2.45, 2.75) is 6.42 Å². The maximum absolute atomic E-state index is 5.08. The number of hydrogen-bond acceptors (Lipinski definition) is 7. The van der Waals surface area contributed by atoms with Crippen LogP contribution in [-0.4, -0.2) is 41.0 Å². The molecule has 0 amide bonds. The topological polar surface area (TPSA) is 86.0 Å². The van der Waals surface area contributed by atoms with Crippen molar-refractivity contribution in [3.63, 3.8) is 0 Å². The summed E-state index contributed by atoms with van der Waals surface area (Å²) in [6, 6.07) is 3.44. The number of nitrogens with one attached hydrogen (secondary N) is 1. The number of rotatable bonds is 5. The molecule has 0 aromatic carbocycles. The van der Waals surface area contributed by atoms with E-state index < -0.39 is 0 Å². The molecule has 90 valence electrons. The average Bonchev–Trinajstić information content (AvgIpc) is 2.85. The molecule has 2 aromatic rings. The summed E-state index contributed by atoms with van der Waals surface area (Å²) in [5.74, 6) is 1.46. The zero-order valence-electron chi connectivity index (χ0n) is 9.67. The van der Waals surface area contributed by atoms with Gasteiger partial charge in [-0.1, -0.05) is 5.16 Å². The SMILES string of the molecule is CNCCc1nc(-c2ccc(OC)nn2)no1. The van der Waals surface area contributed by atoms with E-state index >= 15 is 0 Å². The Morgan fingerprint density at radius 3 is 2.88 bits per heavy atom. The van der Waals surface area contributed by atoms with Gasteiger partial charge in [0.25, 0.3) is 0 Å². The van der Waals surface area contributed by atoms with Crippen LogP contribution < -0.4 is 10.1 Å². The van der Waals surface area contributed by atoms with Crippen molar-refractivity contribution >= 4 is 0 Å². The van der Waals surface area contributed by atoms with Crippen LogP contribution in [0.4, 0.5) is 0 Å². The van der Waals surface area contributed by atoms with E-state index in [9.17, 15) is 0 Å². The third-order valence-electron chi connectivity index (χ3n) is 2.14. The molecule has 0 saturated carbocycles. The highest BCUT2D eigenvalue weighted by Crippen LogP contribution is 2.14. The number of nitrogens with zero attached hydrogens (tertiary/aromatic N) is 4. The van der Waals surface area contributed by atoms with E-state index in [0.717, 1.165) is 6.54 Å². The molecule has 0 saturated heterocycles. The Labute approximate surface area is 98.2 Å². The lowest BCUT2D eigenvalue weighted by atomic mass is 10.3. The van der Waals surface area contributed by atoms with Crippen molar-refractivity contribution in [2.75, 3.05) is 20.7 Å². The van der Waals surface area contributed by atoms with Crippen molar-refractivity contribution in [2.24, 2.45) is 0 Å². The minimum atomic E-state index is 0.436. The molecule has 2 heterocycles. The maximum atomic E-state index is 5.08. The lowest BCUT2D eigenvalue weighted by molar-refractivity contribution is 0.377. The normalized spacial score (nSPS) is 10.5. The Balaban J connectivity index is 2.12. The first-order valence-corrected chi connectivity index (χ1v) is 5.18. The molecule has 0 aliphatic carbocycles. The van der Waals surface area contributed by atoms with Gasteiger partial charge in [-0.25, -0.2) is 0 Å². The van der Waals surface area contributed by atoms with Crippen LogP contribution in [0.25, 0.3) is 11.5 Å². The highest BCUT2D eigenvalue weighted by atomic mass is 16.5. The molecule has 2 aromatic heterocycles. The quantitative estimate of drug-likeness (QED) is 0.797. The summed E-state index contributed by atoms with van der Waals surface area (Å²) < 4.78 is 9.99. The van der Waals surface area contributed by atoms with Crippen LogP contribution in [0.1, 0.15) is 5.89 Å². The van der Waals surface area contributed by atoms with E-state index in [-0.39, 0.29) is 0 Å². The Hall–Kier alpha value is -2.02. The maximum Gasteiger partial charge on any atom is 0.233 e. The van der Waals surface area contributed by atoms with Crippen LogP contribution in [0, 0.1) is 0 Å². The van der Waals surface area contributed by atoms with Crippen molar-refractivity contribution in [3.8, 4) is 17.4 Å². The molecule has 17 heavy (non-hydrogen) atoms. The largest absolute Gasteiger partial charge is 0.480 e. The van der Waals surface area contributed by atoms with E-state index in [1.54, 1.807) is 12.1 Å². The molecule has 0 aliphatic rings. The van der Waals surface area contributed by atoms with Crippen LogP contribution in [0.15, 0.2) is 16.7 Å². The Kier molecular flexibility index (Phi) is 3.61. The molecule has 0 spiro atoms. The van der Waals surface area contributed by atoms with Crippen molar-refractivity contribution in [1.29, 1.82) is 0 Å². The second kappa shape index (κ2) is 5.35. The zero-order chi connectivity index (χ0) is 12.1. The smallest absolute Gasteiger partial charge is 0.233 e. The minimum absolute atomic E-state index is 0.436. The number of likely N-dealkylation sites (N-methyl/N-ethyl adjacent to an activating group) is 1. The number of ether oxygens (including phenoxy) is 1. The van der Waals surface area contributed by atoms with Gasteiger partial charge in [-0.15, -0.1) is 10.2 Å². The van der Waals surface area contributed by atoms with Gasteiger partial charge in [-0.05, 0) is 13.1 Å². The first kappa shape index (κ1) is 11.5. The van der Waals surface area contributed by atoms with Crippen LogP contribution in [0.3, 0.4) is 0 Å². The molecule has 0 fully saturated rings. The van der Waals surface area contributed by atoms with Crippen molar-refractivity contribution in [1.82, 2.24) is 25.7 Å². The molecular formula is C10H13N5O2. The number of methoxy groups -OCH3 is 1. The average molecular weight is 235 g/mol. The highest BCUT2D eigenvalue weighted by Gasteiger charge is 2.10. The third-order valence-corrected chi connectivity index (χ3v) is 2.14. The summed E-state index contributed by atoms with van der Waals surface area (Å²) in [4.78, 5) is 4.21. The van der Waals surface area contributed by atoms with Crippen LogP contribution in [0.5, 0.6) is 5.88 Å². The molecule has 0 atom stereocenters. The van der Waals surface area contributed by atoms with E-state index in [0.29, 0.717) is 29.7 Å². The monoisotopic (exact) mass is 235 g/mol. The molecule has 0 radical (unpaired) electrons. The van der Waals surface area contributed by atoms with Gasteiger partial charge in [0.05, 0.1) is 7.11 Å². The van der Waals surface area contributed by atoms with Gasteiger partial charge < -0.3 is 14.6 Å². The second-order valence-electron chi connectivity index (χ2n) is 3.33. The first-order valence-electron chi connectivity index (χ1n) is 5.18. The number of aromatic nitrogens is 4. The molecule has 7 heteroatoms. The highest BCUT2D eigenvalue weighted by molar-refractivity contribution is 5.47. The molecule has 0 unspecified atom stereocenters. The second-order valence-corrected chi connectivity index (χ2v) is 3.33. The standard InChI is InChI=1S/C10H13N5O2/c1-11-6-5-8-12-10(15-17-8)7-3-4-9(16-2)14-13-7/h3-4,11H,5-6H2,1-2H3. The van der Waals surface area contributed by atoms with E-state index in [2.05, 4.69) is 25.7 Å². The molecule has 2 rings (SSSR count). The summed E-state index contributed by atoms with van der Waals surface area (Å²) in [6.45, 7) is 0.788. The molecule has 0 aliphatic heterocycles. The fraction of sp³-hybridized carbons (Fsp3) is 0.400. The fourth-order valence-electron chi connectivity index (χ4n) is 1.24. The minimum Gasteiger partial charge on any atom is -0.480 e. The van der Waals surface area contributed by atoms with Crippen LogP contribution >= 0.6 is 0 Å². The predicted molar refractivity (Wildman–Crippen MR) is 59.5 cm³/mol. The molecular weight excluding hydrogens is 222 g/mol. The fourth-order valence-corrected chi connectivity index (χ4v) is 1.24. The molecule has 0 bridgehead atoms. The zero-order valence-corrected chi connectivity index (χ0v) is 9.67. The van der Waals surface area contributed by atoms with Crippen LogP contribution in [0.2, 0.25) is 0 Å². The summed E-state index contributed by atoms with van der Waals surface area (Å²) >= 11 is 0. The van der Waals surface area contributed by atoms with Crippen molar-refractivity contribution in [3.05, 3.63) is 18.0 Å². The Morgan fingerprint density at radius 1 is 1.35 bits per heavy atom.